The highest BCUT2D eigenvalue weighted by molar-refractivity contribution is 6.35. The van der Waals surface area contributed by atoms with Crippen molar-refractivity contribution in [1.82, 2.24) is 0 Å². The van der Waals surface area contributed by atoms with E-state index in [9.17, 15) is 0 Å². The van der Waals surface area contributed by atoms with Gasteiger partial charge in [-0.2, -0.15) is 0 Å². The number of hydrogen-bond donors (Lipinski definition) is 0. The van der Waals surface area contributed by atoms with Gasteiger partial charge < -0.3 is 4.74 Å². The standard InChI is InChI=1S/C6H14OSi.2CH4/c1-8-6-4-2-3-5-7-6;;/h6H,2-5,8H2,1H3;2*1H4. The van der Waals surface area contributed by atoms with Crippen LogP contribution in [0.25, 0.3) is 0 Å². The lowest BCUT2D eigenvalue weighted by Gasteiger charge is -2.20. The predicted octanol–water partition coefficient (Wildman–Crippen LogP) is 2.00. The summed E-state index contributed by atoms with van der Waals surface area (Å²) in [6, 6.07) is 0. The van der Waals surface area contributed by atoms with Crippen molar-refractivity contribution >= 4 is 9.52 Å². The van der Waals surface area contributed by atoms with Crippen molar-refractivity contribution in [3.8, 4) is 0 Å². The highest BCUT2D eigenvalue weighted by Crippen LogP contribution is 2.10. The second-order valence-corrected chi connectivity index (χ2v) is 4.12. The zero-order valence-electron chi connectivity index (χ0n) is 5.52. The van der Waals surface area contributed by atoms with Crippen LogP contribution in [0.2, 0.25) is 6.55 Å². The molecule has 1 nitrogen and oxygen atoms in total. The van der Waals surface area contributed by atoms with Crippen LogP contribution in [0.5, 0.6) is 0 Å². The summed E-state index contributed by atoms with van der Waals surface area (Å²) in [4.78, 5) is 0. The lowest BCUT2D eigenvalue weighted by molar-refractivity contribution is 0.0655. The van der Waals surface area contributed by atoms with E-state index in [4.69, 9.17) is 4.74 Å². The van der Waals surface area contributed by atoms with Crippen LogP contribution in [0.15, 0.2) is 0 Å². The summed E-state index contributed by atoms with van der Waals surface area (Å²) < 4.78 is 5.49. The molecule has 0 amide bonds. The molecule has 0 aromatic heterocycles. The zero-order valence-corrected chi connectivity index (χ0v) is 6.94. The Labute approximate surface area is 68.0 Å². The molecule has 10 heavy (non-hydrogen) atoms. The summed E-state index contributed by atoms with van der Waals surface area (Å²) in [5, 5.41) is 0. The van der Waals surface area contributed by atoms with E-state index >= 15 is 0 Å². The van der Waals surface area contributed by atoms with Crippen LogP contribution >= 0.6 is 0 Å². The molecule has 0 aromatic carbocycles. The molecule has 1 saturated heterocycles. The van der Waals surface area contributed by atoms with Crippen LogP contribution in [0.1, 0.15) is 34.1 Å². The molecule has 64 valence electrons. The molecule has 0 N–H and O–H groups in total. The maximum atomic E-state index is 5.49. The van der Waals surface area contributed by atoms with Gasteiger partial charge in [0, 0.05) is 12.3 Å². The van der Waals surface area contributed by atoms with E-state index in [1.54, 1.807) is 0 Å². The van der Waals surface area contributed by atoms with Crippen molar-refractivity contribution in [2.75, 3.05) is 6.61 Å². The number of hydrogen-bond acceptors (Lipinski definition) is 1. The molecule has 0 saturated carbocycles. The molecule has 0 spiro atoms. The molecule has 1 aliphatic heterocycles. The topological polar surface area (TPSA) is 9.23 Å². The lowest BCUT2D eigenvalue weighted by atomic mass is 10.2. The monoisotopic (exact) mass is 162 g/mol. The van der Waals surface area contributed by atoms with Gasteiger partial charge in [0.05, 0.1) is 9.52 Å². The van der Waals surface area contributed by atoms with Gasteiger partial charge in [0.15, 0.2) is 0 Å². The average Bonchev–Trinajstić information content (AvgIpc) is 1.90. The largest absolute Gasteiger partial charge is 0.382 e. The minimum absolute atomic E-state index is 0. The molecule has 1 aliphatic rings. The van der Waals surface area contributed by atoms with Gasteiger partial charge in [-0.3, -0.25) is 0 Å². The zero-order chi connectivity index (χ0) is 5.82. The first-order valence-corrected chi connectivity index (χ1v) is 5.78. The number of rotatable bonds is 1. The smallest absolute Gasteiger partial charge is 0.0525 e. The molecule has 0 radical (unpaired) electrons. The van der Waals surface area contributed by atoms with Gasteiger partial charge in [-0.25, -0.2) is 0 Å². The van der Waals surface area contributed by atoms with E-state index in [2.05, 4.69) is 6.55 Å². The molecular weight excluding hydrogens is 140 g/mol. The molecule has 1 atom stereocenters. The average molecular weight is 162 g/mol. The first-order valence-electron chi connectivity index (χ1n) is 3.55. The summed E-state index contributed by atoms with van der Waals surface area (Å²) in [6.07, 6.45) is 4.05. The molecule has 0 aliphatic carbocycles. The van der Waals surface area contributed by atoms with Crippen LogP contribution < -0.4 is 0 Å². The van der Waals surface area contributed by atoms with Gasteiger partial charge in [0.2, 0.25) is 0 Å². The van der Waals surface area contributed by atoms with Gasteiger partial charge in [0.25, 0.3) is 0 Å². The van der Waals surface area contributed by atoms with E-state index < -0.39 is 0 Å². The summed E-state index contributed by atoms with van der Waals surface area (Å²) in [7, 11) is 0.146. The minimum atomic E-state index is 0. The van der Waals surface area contributed by atoms with Gasteiger partial charge >= 0.3 is 0 Å². The highest BCUT2D eigenvalue weighted by atomic mass is 28.2. The fraction of sp³-hybridized carbons (Fsp3) is 1.00. The van der Waals surface area contributed by atoms with Gasteiger partial charge in [0.1, 0.15) is 0 Å². The number of ether oxygens (including phenoxy) is 1. The molecular formula is C8H22OSi. The van der Waals surface area contributed by atoms with Gasteiger partial charge in [-0.1, -0.05) is 21.4 Å². The Hall–Kier alpha value is 0.177. The Morgan fingerprint density at radius 2 is 2.00 bits per heavy atom. The van der Waals surface area contributed by atoms with E-state index in [-0.39, 0.29) is 24.4 Å². The Bertz CT molecular complexity index is 60.3. The molecule has 0 aromatic rings. The molecule has 1 unspecified atom stereocenters. The van der Waals surface area contributed by atoms with Crippen molar-refractivity contribution in [2.45, 2.75) is 46.4 Å². The first-order chi connectivity index (χ1) is 3.93. The first kappa shape index (κ1) is 12.8. The molecule has 1 rings (SSSR count). The molecule has 2 heteroatoms. The van der Waals surface area contributed by atoms with Crippen LogP contribution in [0.4, 0.5) is 0 Å². The van der Waals surface area contributed by atoms with E-state index in [1.807, 2.05) is 0 Å². The summed E-state index contributed by atoms with van der Waals surface area (Å²) in [5.74, 6) is 0. The van der Waals surface area contributed by atoms with Crippen LogP contribution in [-0.4, -0.2) is 21.9 Å². The van der Waals surface area contributed by atoms with E-state index in [0.717, 1.165) is 12.3 Å². The fourth-order valence-electron chi connectivity index (χ4n) is 1.13. The van der Waals surface area contributed by atoms with E-state index in [1.165, 1.54) is 19.3 Å². The Morgan fingerprint density at radius 3 is 2.30 bits per heavy atom. The van der Waals surface area contributed by atoms with Crippen LogP contribution in [0, 0.1) is 0 Å². The highest BCUT2D eigenvalue weighted by Gasteiger charge is 2.10. The third-order valence-electron chi connectivity index (χ3n) is 1.73. The van der Waals surface area contributed by atoms with Crippen molar-refractivity contribution in [2.24, 2.45) is 0 Å². The van der Waals surface area contributed by atoms with Crippen molar-refractivity contribution in [3.63, 3.8) is 0 Å². The SMILES string of the molecule is C.C.C[SiH2]C1CCCCO1. The van der Waals surface area contributed by atoms with Gasteiger partial charge in [-0.05, 0) is 19.3 Å². The van der Waals surface area contributed by atoms with Crippen LogP contribution in [0.3, 0.4) is 0 Å². The second kappa shape index (κ2) is 7.29. The van der Waals surface area contributed by atoms with Gasteiger partial charge in [-0.15, -0.1) is 0 Å². The van der Waals surface area contributed by atoms with Crippen molar-refractivity contribution in [3.05, 3.63) is 0 Å². The Kier molecular flexibility index (Phi) is 9.34. The molecule has 0 bridgehead atoms. The maximum absolute atomic E-state index is 5.49. The predicted molar refractivity (Wildman–Crippen MR) is 51.5 cm³/mol. The van der Waals surface area contributed by atoms with E-state index in [0.29, 0.717) is 0 Å². The van der Waals surface area contributed by atoms with Crippen molar-refractivity contribution in [1.29, 1.82) is 0 Å². The fourth-order valence-corrected chi connectivity index (χ4v) is 2.23. The Balaban J connectivity index is 0. The van der Waals surface area contributed by atoms with Crippen LogP contribution in [-0.2, 0) is 4.74 Å². The normalized spacial score (nSPS) is 25.5. The third kappa shape index (κ3) is 4.07. The molecule has 1 heterocycles. The summed E-state index contributed by atoms with van der Waals surface area (Å²) in [6.45, 7) is 3.36. The second-order valence-electron chi connectivity index (χ2n) is 2.40. The third-order valence-corrected chi connectivity index (χ3v) is 3.28. The molecule has 1 fully saturated rings. The minimum Gasteiger partial charge on any atom is -0.382 e. The summed E-state index contributed by atoms with van der Waals surface area (Å²) >= 11 is 0. The van der Waals surface area contributed by atoms with Crippen molar-refractivity contribution < 1.29 is 4.74 Å². The maximum Gasteiger partial charge on any atom is 0.0525 e. The summed E-state index contributed by atoms with van der Waals surface area (Å²) in [5.41, 5.74) is 0.726. The Morgan fingerprint density at radius 1 is 1.30 bits per heavy atom. The lowest BCUT2D eigenvalue weighted by Crippen LogP contribution is -2.23. The quantitative estimate of drug-likeness (QED) is 0.536.